The predicted octanol–water partition coefficient (Wildman–Crippen LogP) is 4.27. The van der Waals surface area contributed by atoms with Gasteiger partial charge in [0.1, 0.15) is 11.6 Å². The maximum Gasteiger partial charge on any atom is 0.137 e. The fourth-order valence-electron chi connectivity index (χ4n) is 1.67. The first-order valence-corrected chi connectivity index (χ1v) is 6.91. The van der Waals surface area contributed by atoms with E-state index in [2.05, 4.69) is 0 Å². The Morgan fingerprint density at radius 1 is 1.05 bits per heavy atom. The molecule has 2 rings (SSSR count). The summed E-state index contributed by atoms with van der Waals surface area (Å²) in [6.45, 7) is 0.472. The molecule has 0 amide bonds. The van der Waals surface area contributed by atoms with Crippen molar-refractivity contribution in [1.82, 2.24) is 0 Å². The van der Waals surface area contributed by atoms with E-state index in [0.717, 1.165) is 22.6 Å². The van der Waals surface area contributed by atoms with Crippen molar-refractivity contribution in [2.75, 3.05) is 6.54 Å². The molecular formula is C14H12ClF2NS. The van der Waals surface area contributed by atoms with Gasteiger partial charge in [-0.2, -0.15) is 0 Å². The van der Waals surface area contributed by atoms with E-state index in [0.29, 0.717) is 18.0 Å². The van der Waals surface area contributed by atoms with E-state index in [9.17, 15) is 8.78 Å². The van der Waals surface area contributed by atoms with Crippen molar-refractivity contribution in [1.29, 1.82) is 0 Å². The van der Waals surface area contributed by atoms with Gasteiger partial charge in [0, 0.05) is 9.92 Å². The number of rotatable bonds is 4. The Morgan fingerprint density at radius 2 is 1.84 bits per heavy atom. The SMILES string of the molecule is NCCc1cc(Cl)ccc1Sc1cc(F)ccc1F. The van der Waals surface area contributed by atoms with E-state index in [4.69, 9.17) is 17.3 Å². The van der Waals surface area contributed by atoms with Crippen LogP contribution >= 0.6 is 23.4 Å². The Balaban J connectivity index is 2.34. The minimum atomic E-state index is -0.460. The van der Waals surface area contributed by atoms with Gasteiger partial charge in [-0.15, -0.1) is 0 Å². The van der Waals surface area contributed by atoms with Gasteiger partial charge in [0.05, 0.1) is 4.90 Å². The smallest absolute Gasteiger partial charge is 0.137 e. The molecule has 0 spiro atoms. The van der Waals surface area contributed by atoms with Gasteiger partial charge in [-0.1, -0.05) is 23.4 Å². The van der Waals surface area contributed by atoms with Crippen LogP contribution in [0.1, 0.15) is 5.56 Å². The van der Waals surface area contributed by atoms with Crippen LogP contribution in [-0.2, 0) is 6.42 Å². The van der Waals surface area contributed by atoms with Crippen LogP contribution in [0.5, 0.6) is 0 Å². The molecule has 0 aromatic heterocycles. The molecular weight excluding hydrogens is 288 g/mol. The molecule has 0 bridgehead atoms. The Bertz CT molecular complexity index is 590. The average molecular weight is 300 g/mol. The Kier molecular flexibility index (Phi) is 4.80. The van der Waals surface area contributed by atoms with Crippen LogP contribution in [0.4, 0.5) is 8.78 Å². The lowest BCUT2D eigenvalue weighted by Gasteiger charge is -2.09. The molecule has 0 radical (unpaired) electrons. The third-order valence-electron chi connectivity index (χ3n) is 2.55. The minimum absolute atomic E-state index is 0.251. The molecule has 0 aliphatic carbocycles. The fourth-order valence-corrected chi connectivity index (χ4v) is 2.87. The summed E-state index contributed by atoms with van der Waals surface area (Å²) in [5.74, 6) is -0.904. The molecule has 0 atom stereocenters. The molecule has 0 aliphatic rings. The molecule has 0 saturated carbocycles. The maximum atomic E-state index is 13.6. The number of hydrogen-bond donors (Lipinski definition) is 1. The molecule has 100 valence electrons. The van der Waals surface area contributed by atoms with Crippen molar-refractivity contribution in [2.24, 2.45) is 5.73 Å². The van der Waals surface area contributed by atoms with E-state index < -0.39 is 11.6 Å². The number of benzene rings is 2. The number of halogens is 3. The van der Waals surface area contributed by atoms with Gasteiger partial charge in [0.25, 0.3) is 0 Å². The van der Waals surface area contributed by atoms with Crippen molar-refractivity contribution >= 4 is 23.4 Å². The monoisotopic (exact) mass is 299 g/mol. The minimum Gasteiger partial charge on any atom is -0.330 e. The highest BCUT2D eigenvalue weighted by Gasteiger charge is 2.09. The van der Waals surface area contributed by atoms with Crippen LogP contribution in [-0.4, -0.2) is 6.54 Å². The van der Waals surface area contributed by atoms with Gasteiger partial charge in [-0.05, 0) is 54.9 Å². The summed E-state index contributed by atoms with van der Waals surface area (Å²) in [4.78, 5) is 1.08. The zero-order valence-corrected chi connectivity index (χ0v) is 11.6. The standard InChI is InChI=1S/C14H12ClF2NS/c15-10-1-4-13(9(7-10)5-6-18)19-14-8-11(16)2-3-12(14)17/h1-4,7-8H,5-6,18H2. The molecule has 0 unspecified atom stereocenters. The van der Waals surface area contributed by atoms with Crippen molar-refractivity contribution in [3.8, 4) is 0 Å². The van der Waals surface area contributed by atoms with Crippen molar-refractivity contribution in [2.45, 2.75) is 16.2 Å². The summed E-state index contributed by atoms with van der Waals surface area (Å²) < 4.78 is 26.8. The largest absolute Gasteiger partial charge is 0.330 e. The quantitative estimate of drug-likeness (QED) is 0.912. The van der Waals surface area contributed by atoms with Crippen LogP contribution in [0.15, 0.2) is 46.2 Å². The third kappa shape index (κ3) is 3.69. The van der Waals surface area contributed by atoms with E-state index in [1.54, 1.807) is 18.2 Å². The van der Waals surface area contributed by atoms with Crippen LogP contribution in [0.3, 0.4) is 0 Å². The van der Waals surface area contributed by atoms with Crippen molar-refractivity contribution in [3.05, 3.63) is 58.6 Å². The second-order valence-corrected chi connectivity index (χ2v) is 5.49. The third-order valence-corrected chi connectivity index (χ3v) is 3.94. The first-order chi connectivity index (χ1) is 9.10. The Hall–Kier alpha value is -1.10. The predicted molar refractivity (Wildman–Crippen MR) is 74.7 cm³/mol. The molecule has 2 aromatic carbocycles. The van der Waals surface area contributed by atoms with Crippen molar-refractivity contribution < 1.29 is 8.78 Å². The Labute approximate surface area is 119 Å². The summed E-state index contributed by atoms with van der Waals surface area (Å²) in [5, 5.41) is 0.604. The zero-order valence-electron chi connectivity index (χ0n) is 10.00. The van der Waals surface area contributed by atoms with Crippen LogP contribution in [0.2, 0.25) is 5.02 Å². The summed E-state index contributed by atoms with van der Waals surface area (Å²) in [6.07, 6.45) is 0.639. The highest BCUT2D eigenvalue weighted by Crippen LogP contribution is 2.34. The molecule has 2 N–H and O–H groups in total. The molecule has 0 aliphatic heterocycles. The van der Waals surface area contributed by atoms with E-state index in [1.165, 1.54) is 17.8 Å². The van der Waals surface area contributed by atoms with Gasteiger partial charge < -0.3 is 5.73 Å². The first kappa shape index (κ1) is 14.3. The molecule has 5 heteroatoms. The summed E-state index contributed by atoms with van der Waals surface area (Å²) in [6, 6.07) is 8.72. The van der Waals surface area contributed by atoms with Crippen LogP contribution in [0.25, 0.3) is 0 Å². The molecule has 0 fully saturated rings. The topological polar surface area (TPSA) is 26.0 Å². The van der Waals surface area contributed by atoms with E-state index in [1.807, 2.05) is 0 Å². The van der Waals surface area contributed by atoms with E-state index >= 15 is 0 Å². The molecule has 1 nitrogen and oxygen atoms in total. The highest BCUT2D eigenvalue weighted by atomic mass is 35.5. The summed E-state index contributed by atoms with van der Waals surface area (Å²) in [5.41, 5.74) is 6.47. The van der Waals surface area contributed by atoms with Gasteiger partial charge >= 0.3 is 0 Å². The number of nitrogens with two attached hydrogens (primary N) is 1. The van der Waals surface area contributed by atoms with Gasteiger partial charge in [-0.3, -0.25) is 0 Å². The fraction of sp³-hybridized carbons (Fsp3) is 0.143. The second-order valence-electron chi connectivity index (χ2n) is 3.97. The zero-order chi connectivity index (χ0) is 13.8. The molecule has 0 saturated heterocycles. The lowest BCUT2D eigenvalue weighted by molar-refractivity contribution is 0.577. The van der Waals surface area contributed by atoms with Crippen molar-refractivity contribution in [3.63, 3.8) is 0 Å². The highest BCUT2D eigenvalue weighted by molar-refractivity contribution is 7.99. The number of hydrogen-bond acceptors (Lipinski definition) is 2. The molecule has 0 heterocycles. The van der Waals surface area contributed by atoms with Crippen LogP contribution < -0.4 is 5.73 Å². The van der Waals surface area contributed by atoms with E-state index in [-0.39, 0.29) is 4.90 Å². The molecule has 2 aromatic rings. The average Bonchev–Trinajstić information content (AvgIpc) is 2.37. The maximum absolute atomic E-state index is 13.6. The van der Waals surface area contributed by atoms with Gasteiger partial charge in [0.15, 0.2) is 0 Å². The second kappa shape index (κ2) is 6.37. The Morgan fingerprint density at radius 3 is 2.58 bits per heavy atom. The van der Waals surface area contributed by atoms with Gasteiger partial charge in [0.2, 0.25) is 0 Å². The van der Waals surface area contributed by atoms with Crippen LogP contribution in [0, 0.1) is 11.6 Å². The van der Waals surface area contributed by atoms with Gasteiger partial charge in [-0.25, -0.2) is 8.78 Å². The lowest BCUT2D eigenvalue weighted by Crippen LogP contribution is -2.03. The summed E-state index contributed by atoms with van der Waals surface area (Å²) >= 11 is 7.10. The first-order valence-electron chi connectivity index (χ1n) is 5.71. The lowest BCUT2D eigenvalue weighted by atomic mass is 10.1. The summed E-state index contributed by atoms with van der Waals surface area (Å²) in [7, 11) is 0. The molecule has 19 heavy (non-hydrogen) atoms. The normalized spacial score (nSPS) is 10.7.